The Morgan fingerprint density at radius 3 is 1.86 bits per heavy atom. The quantitative estimate of drug-likeness (QED) is 0.146. The van der Waals surface area contributed by atoms with Gasteiger partial charge < -0.3 is 39.9 Å². The van der Waals surface area contributed by atoms with Crippen LogP contribution < -0.4 is 10.6 Å². The molecule has 14 heteroatoms. The van der Waals surface area contributed by atoms with Crippen LogP contribution in [0.2, 0.25) is 0 Å². The highest BCUT2D eigenvalue weighted by atomic mass is 16.5. The Morgan fingerprint density at radius 1 is 0.719 bits per heavy atom. The van der Waals surface area contributed by atoms with Gasteiger partial charge in [-0.25, -0.2) is 19.6 Å². The normalized spacial score (nSPS) is 18.8. The van der Waals surface area contributed by atoms with E-state index in [1.807, 2.05) is 43.7 Å². The van der Waals surface area contributed by atoms with Crippen LogP contribution in [0.15, 0.2) is 48.7 Å². The number of imidazole rings is 2. The summed E-state index contributed by atoms with van der Waals surface area (Å²) >= 11 is 0. The SMILES string of the molecule is COC(=O)N[C@H](C(=O)N1CCC[C@@H]1c1nc2c([nH]1)Cc1ccc(-c3ccc(-c4cnc([C@@H]5CCCN5C(=O)[C@@H](NC(=O)OC)C(C)C)[nH]4)cc3)cc1CC2)C(C)C. The van der Waals surface area contributed by atoms with Crippen molar-refractivity contribution in [1.29, 1.82) is 0 Å². The summed E-state index contributed by atoms with van der Waals surface area (Å²) in [7, 11) is 2.60. The number of nitrogens with one attached hydrogen (secondary N) is 4. The summed E-state index contributed by atoms with van der Waals surface area (Å²) in [5.41, 5.74) is 8.82. The summed E-state index contributed by atoms with van der Waals surface area (Å²) in [6, 6.07) is 13.4. The number of methoxy groups -OCH3 is 2. The van der Waals surface area contributed by atoms with Crippen molar-refractivity contribution in [3.8, 4) is 22.4 Å². The number of hydrogen-bond donors (Lipinski definition) is 4. The Labute approximate surface area is 333 Å². The lowest BCUT2D eigenvalue weighted by atomic mass is 9.95. The number of alkyl carbamates (subject to hydrolysis) is 2. The van der Waals surface area contributed by atoms with E-state index in [1.54, 1.807) is 0 Å². The number of nitrogens with zero attached hydrogens (tertiary/aromatic N) is 4. The van der Waals surface area contributed by atoms with Crippen LogP contribution in [0.4, 0.5) is 9.59 Å². The molecule has 7 rings (SSSR count). The molecule has 2 aromatic heterocycles. The maximum Gasteiger partial charge on any atom is 0.407 e. The number of ether oxygens (including phenoxy) is 2. The third kappa shape index (κ3) is 8.26. The number of carbonyl (C=O) groups is 4. The molecule has 4 amide bonds. The van der Waals surface area contributed by atoms with Gasteiger partial charge in [-0.2, -0.15) is 0 Å². The lowest BCUT2D eigenvalue weighted by molar-refractivity contribution is -0.136. The van der Waals surface area contributed by atoms with E-state index in [2.05, 4.69) is 63.1 Å². The molecule has 2 fully saturated rings. The van der Waals surface area contributed by atoms with E-state index in [0.717, 1.165) is 90.4 Å². The molecule has 0 bridgehead atoms. The first-order valence-electron chi connectivity index (χ1n) is 20.1. The first-order chi connectivity index (χ1) is 27.4. The summed E-state index contributed by atoms with van der Waals surface area (Å²) in [5.74, 6) is 1.12. The molecule has 4 atom stereocenters. The van der Waals surface area contributed by atoms with Gasteiger partial charge in [0.25, 0.3) is 0 Å². The van der Waals surface area contributed by atoms with Crippen LogP contribution in [0.3, 0.4) is 0 Å². The molecule has 3 aliphatic rings. The molecule has 2 saturated heterocycles. The van der Waals surface area contributed by atoms with E-state index in [-0.39, 0.29) is 35.7 Å². The van der Waals surface area contributed by atoms with Crippen LogP contribution in [-0.4, -0.2) is 93.1 Å². The largest absolute Gasteiger partial charge is 0.453 e. The fourth-order valence-electron chi connectivity index (χ4n) is 8.51. The number of aromatic nitrogens is 4. The van der Waals surface area contributed by atoms with Crippen molar-refractivity contribution in [2.75, 3.05) is 27.3 Å². The first kappa shape index (κ1) is 39.6. The molecular formula is C43H54N8O6. The number of aryl methyl sites for hydroxylation is 2. The third-order valence-corrected chi connectivity index (χ3v) is 11.7. The molecule has 4 heterocycles. The van der Waals surface area contributed by atoms with Crippen molar-refractivity contribution in [3.63, 3.8) is 0 Å². The van der Waals surface area contributed by atoms with Crippen molar-refractivity contribution < 1.29 is 28.7 Å². The zero-order chi connectivity index (χ0) is 40.4. The highest BCUT2D eigenvalue weighted by Gasteiger charge is 2.39. The van der Waals surface area contributed by atoms with E-state index < -0.39 is 24.3 Å². The molecule has 0 spiro atoms. The Morgan fingerprint density at radius 2 is 1.28 bits per heavy atom. The number of likely N-dealkylation sites (tertiary alicyclic amines) is 2. The van der Waals surface area contributed by atoms with Crippen LogP contribution in [-0.2, 0) is 38.3 Å². The van der Waals surface area contributed by atoms with E-state index in [4.69, 9.17) is 19.4 Å². The Balaban J connectivity index is 1.02. The minimum atomic E-state index is -0.683. The average Bonchev–Trinajstić information content (AvgIpc) is 4.04. The Kier molecular flexibility index (Phi) is 11.7. The minimum absolute atomic E-state index is 0.0911. The highest BCUT2D eigenvalue weighted by molar-refractivity contribution is 5.87. The lowest BCUT2D eigenvalue weighted by Gasteiger charge is -2.30. The van der Waals surface area contributed by atoms with Gasteiger partial charge in [0.05, 0.1) is 43.9 Å². The molecule has 1 aliphatic carbocycles. The van der Waals surface area contributed by atoms with E-state index in [1.165, 1.54) is 25.3 Å². The zero-order valence-corrected chi connectivity index (χ0v) is 33.7. The van der Waals surface area contributed by atoms with Gasteiger partial charge in [0, 0.05) is 25.2 Å². The monoisotopic (exact) mass is 778 g/mol. The van der Waals surface area contributed by atoms with Crippen LogP contribution in [0.1, 0.15) is 99.6 Å². The molecular weight excluding hydrogens is 725 g/mol. The lowest BCUT2D eigenvalue weighted by Crippen LogP contribution is -2.51. The number of hydrogen-bond acceptors (Lipinski definition) is 8. The predicted octanol–water partition coefficient (Wildman–Crippen LogP) is 6.24. The predicted molar refractivity (Wildman–Crippen MR) is 214 cm³/mol. The summed E-state index contributed by atoms with van der Waals surface area (Å²) in [5, 5.41) is 5.43. The average molecular weight is 779 g/mol. The maximum absolute atomic E-state index is 13.7. The van der Waals surface area contributed by atoms with Crippen molar-refractivity contribution in [1.82, 2.24) is 40.4 Å². The van der Waals surface area contributed by atoms with Gasteiger partial charge >= 0.3 is 12.2 Å². The smallest absolute Gasteiger partial charge is 0.407 e. The number of fused-ring (bicyclic) bond motifs is 2. The Hall–Kier alpha value is -5.66. The molecule has 2 aliphatic heterocycles. The summed E-state index contributed by atoms with van der Waals surface area (Å²) in [4.78, 5) is 71.7. The molecule has 0 saturated carbocycles. The first-order valence-corrected chi connectivity index (χ1v) is 20.1. The van der Waals surface area contributed by atoms with Crippen LogP contribution in [0.5, 0.6) is 0 Å². The molecule has 14 nitrogen and oxygen atoms in total. The van der Waals surface area contributed by atoms with Crippen molar-refractivity contribution in [2.45, 2.75) is 96.8 Å². The number of benzene rings is 2. The fraction of sp³-hybridized carbons (Fsp3) is 0.488. The molecule has 302 valence electrons. The third-order valence-electron chi connectivity index (χ3n) is 11.7. The number of rotatable bonds is 10. The second kappa shape index (κ2) is 16.8. The molecule has 0 radical (unpaired) electrons. The molecule has 57 heavy (non-hydrogen) atoms. The van der Waals surface area contributed by atoms with Gasteiger partial charge in [0.15, 0.2) is 0 Å². The molecule has 2 aromatic carbocycles. The topological polar surface area (TPSA) is 175 Å². The summed E-state index contributed by atoms with van der Waals surface area (Å²) in [6.45, 7) is 8.87. The molecule has 4 N–H and O–H groups in total. The van der Waals surface area contributed by atoms with Gasteiger partial charge in [-0.3, -0.25) is 9.59 Å². The van der Waals surface area contributed by atoms with Crippen LogP contribution >= 0.6 is 0 Å². The van der Waals surface area contributed by atoms with Gasteiger partial charge in [0.2, 0.25) is 11.8 Å². The van der Waals surface area contributed by atoms with Gasteiger partial charge in [0.1, 0.15) is 23.7 Å². The zero-order valence-electron chi connectivity index (χ0n) is 33.7. The number of carbonyl (C=O) groups excluding carboxylic acids is 4. The molecule has 4 aromatic rings. The Bertz CT molecular complexity index is 2110. The standard InChI is InChI=1S/C43H54N8O6/c1-24(2)36(48-42(54)56-5)40(52)50-19-7-9-34(50)38-44-23-33(47-38)27-13-11-26(12-14-27)28-15-16-30-22-32-31(18-17-29(30)21-28)45-39(46-32)35-10-8-20-51(35)41(53)37(25(3)4)49-43(55)57-6/h11-16,21,23-25,34-37H,7-10,17-20,22H2,1-6H3,(H,44,47)(H,45,46)(H,48,54)(H,49,55)/t34-,35+,36-,37-/m0/s1. The molecule has 0 unspecified atom stereocenters. The van der Waals surface area contributed by atoms with Crippen molar-refractivity contribution in [2.24, 2.45) is 11.8 Å². The van der Waals surface area contributed by atoms with Crippen LogP contribution in [0.25, 0.3) is 22.4 Å². The number of amides is 4. The maximum atomic E-state index is 13.7. The highest BCUT2D eigenvalue weighted by Crippen LogP contribution is 2.36. The van der Waals surface area contributed by atoms with E-state index in [0.29, 0.717) is 13.1 Å². The van der Waals surface area contributed by atoms with Crippen LogP contribution in [0, 0.1) is 11.8 Å². The van der Waals surface area contributed by atoms with Crippen molar-refractivity contribution >= 4 is 24.0 Å². The second-order valence-electron chi connectivity index (χ2n) is 16.1. The number of H-pyrrole nitrogens is 2. The fourth-order valence-corrected chi connectivity index (χ4v) is 8.51. The van der Waals surface area contributed by atoms with Gasteiger partial charge in [-0.05, 0) is 78.2 Å². The summed E-state index contributed by atoms with van der Waals surface area (Å²) < 4.78 is 9.55. The van der Waals surface area contributed by atoms with Gasteiger partial charge in [-0.1, -0.05) is 70.2 Å². The summed E-state index contributed by atoms with van der Waals surface area (Å²) in [6.07, 6.45) is 6.32. The van der Waals surface area contributed by atoms with Gasteiger partial charge in [-0.15, -0.1) is 0 Å². The van der Waals surface area contributed by atoms with E-state index >= 15 is 0 Å². The minimum Gasteiger partial charge on any atom is -0.453 e. The van der Waals surface area contributed by atoms with E-state index in [9.17, 15) is 19.2 Å². The number of aromatic amines is 2. The van der Waals surface area contributed by atoms with Crippen molar-refractivity contribution in [3.05, 3.63) is 82.8 Å². The second-order valence-corrected chi connectivity index (χ2v) is 16.1.